The van der Waals surface area contributed by atoms with Crippen LogP contribution in [0.25, 0.3) is 0 Å². The Hall–Kier alpha value is -0.0800. The van der Waals surface area contributed by atoms with Gasteiger partial charge in [0.15, 0.2) is 0 Å². The smallest absolute Gasteiger partial charge is 0.0192 e. The van der Waals surface area contributed by atoms with Crippen molar-refractivity contribution in [1.82, 2.24) is 0 Å². The zero-order valence-electron chi connectivity index (χ0n) is 3.72. The van der Waals surface area contributed by atoms with E-state index >= 15 is 0 Å². The Morgan fingerprint density at radius 3 is 1.33 bits per heavy atom. The minimum absolute atomic E-state index is 0.310. The van der Waals surface area contributed by atoms with E-state index in [1.54, 1.807) is 0 Å². The Balaban J connectivity index is 2.20. The topological polar surface area (TPSA) is 52.0 Å². The largest absolute Gasteiger partial charge is 0.326 e. The van der Waals surface area contributed by atoms with Crippen molar-refractivity contribution in [2.24, 2.45) is 11.5 Å². The molecule has 0 aliphatic heterocycles. The van der Waals surface area contributed by atoms with Crippen LogP contribution in [0.1, 0.15) is 12.8 Å². The van der Waals surface area contributed by atoms with Gasteiger partial charge in [-0.25, -0.2) is 0 Å². The molecular formula is C4H10N2. The average Bonchev–Trinajstić information content (AvgIpc) is 1.61. The Bertz CT molecular complexity index is 45.5. The number of hydrogen-bond acceptors (Lipinski definition) is 2. The summed E-state index contributed by atoms with van der Waals surface area (Å²) in [6, 6.07) is 0.620. The number of nitrogens with two attached hydrogens (primary N) is 2. The van der Waals surface area contributed by atoms with Crippen LogP contribution in [-0.2, 0) is 0 Å². The Labute approximate surface area is 37.5 Å². The molecule has 6 heavy (non-hydrogen) atoms. The van der Waals surface area contributed by atoms with E-state index in [1.165, 1.54) is 0 Å². The van der Waals surface area contributed by atoms with E-state index in [1.807, 2.05) is 0 Å². The second kappa shape index (κ2) is 1.21. The highest BCUT2D eigenvalue weighted by atomic mass is 14.8. The van der Waals surface area contributed by atoms with Gasteiger partial charge in [0.1, 0.15) is 0 Å². The first-order valence-electron chi connectivity index (χ1n) is 2.32. The van der Waals surface area contributed by atoms with Crippen molar-refractivity contribution in [1.29, 1.82) is 0 Å². The van der Waals surface area contributed by atoms with Crippen molar-refractivity contribution < 1.29 is 0 Å². The molecule has 1 saturated carbocycles. The maximum atomic E-state index is 5.40. The van der Waals surface area contributed by atoms with Crippen LogP contribution in [0.15, 0.2) is 0 Å². The summed E-state index contributed by atoms with van der Waals surface area (Å²) in [7, 11) is 0. The van der Waals surface area contributed by atoms with Crippen molar-refractivity contribution in [2.45, 2.75) is 24.9 Å². The molecule has 1 fully saturated rings. The zero-order chi connectivity index (χ0) is 4.57. The fourth-order valence-corrected chi connectivity index (χ4v) is 0.552. The summed E-state index contributed by atoms with van der Waals surface area (Å²) in [5.41, 5.74) is 10.8. The van der Waals surface area contributed by atoms with Crippen LogP contribution in [0, 0.1) is 0 Å². The molecule has 1 aliphatic carbocycles. The molecule has 1 aliphatic rings. The second-order valence-corrected chi connectivity index (χ2v) is 1.91. The molecule has 4 N–H and O–H groups in total. The number of hydrogen-bond donors (Lipinski definition) is 2. The highest BCUT2D eigenvalue weighted by Gasteiger charge is 2.22. The van der Waals surface area contributed by atoms with Crippen LogP contribution < -0.4 is 11.5 Å². The van der Waals surface area contributed by atoms with Crippen molar-refractivity contribution in [3.8, 4) is 0 Å². The lowest BCUT2D eigenvalue weighted by atomic mass is 9.88. The third-order valence-electron chi connectivity index (χ3n) is 1.38. The molecule has 1 rings (SSSR count). The van der Waals surface area contributed by atoms with E-state index in [-0.39, 0.29) is 0 Å². The lowest BCUT2D eigenvalue weighted by Crippen LogP contribution is -2.49. The Morgan fingerprint density at radius 1 is 1.00 bits per heavy atom. The van der Waals surface area contributed by atoms with Gasteiger partial charge < -0.3 is 11.5 Å². The highest BCUT2D eigenvalue weighted by Crippen LogP contribution is 2.13. The van der Waals surface area contributed by atoms with Crippen LogP contribution in [-0.4, -0.2) is 12.1 Å². The van der Waals surface area contributed by atoms with E-state index in [4.69, 9.17) is 11.5 Å². The van der Waals surface area contributed by atoms with E-state index < -0.39 is 0 Å². The SMILES string of the molecule is N[C@@H]1CC[C@@H]1N. The molecule has 2 atom stereocenters. The minimum Gasteiger partial charge on any atom is -0.326 e. The summed E-state index contributed by atoms with van der Waals surface area (Å²) < 4.78 is 0. The molecule has 36 valence electrons. The molecule has 0 aromatic heterocycles. The Morgan fingerprint density at radius 2 is 1.33 bits per heavy atom. The van der Waals surface area contributed by atoms with Crippen LogP contribution >= 0.6 is 0 Å². The van der Waals surface area contributed by atoms with Gasteiger partial charge in [-0.1, -0.05) is 0 Å². The summed E-state index contributed by atoms with van der Waals surface area (Å²) in [5.74, 6) is 0. The zero-order valence-corrected chi connectivity index (χ0v) is 3.72. The van der Waals surface area contributed by atoms with Crippen LogP contribution in [0.4, 0.5) is 0 Å². The number of rotatable bonds is 0. The Kier molecular flexibility index (Phi) is 0.821. The summed E-state index contributed by atoms with van der Waals surface area (Å²) in [5, 5.41) is 0. The summed E-state index contributed by atoms with van der Waals surface area (Å²) in [4.78, 5) is 0. The standard InChI is InChI=1S/C4H10N2/c5-3-1-2-4(3)6/h3-4H,1-2,5-6H2/t3-,4+. The molecule has 0 aromatic carbocycles. The van der Waals surface area contributed by atoms with E-state index in [9.17, 15) is 0 Å². The van der Waals surface area contributed by atoms with Gasteiger partial charge in [0, 0.05) is 12.1 Å². The van der Waals surface area contributed by atoms with Crippen LogP contribution in [0.2, 0.25) is 0 Å². The quantitative estimate of drug-likeness (QED) is 0.415. The van der Waals surface area contributed by atoms with E-state index in [0.29, 0.717) is 12.1 Å². The minimum atomic E-state index is 0.310. The molecule has 0 bridgehead atoms. The molecule has 2 heteroatoms. The lowest BCUT2D eigenvalue weighted by Gasteiger charge is -2.29. The normalized spacial score (nSPS) is 45.0. The van der Waals surface area contributed by atoms with Crippen LogP contribution in [0.3, 0.4) is 0 Å². The molecular weight excluding hydrogens is 76.1 g/mol. The predicted octanol–water partition coefficient (Wildman–Crippen LogP) is -0.565. The first kappa shape index (κ1) is 4.09. The first-order valence-corrected chi connectivity index (χ1v) is 2.32. The molecule has 0 aromatic rings. The van der Waals surface area contributed by atoms with Gasteiger partial charge in [-0.3, -0.25) is 0 Å². The molecule has 0 unspecified atom stereocenters. The third-order valence-corrected chi connectivity index (χ3v) is 1.38. The predicted molar refractivity (Wildman–Crippen MR) is 25.2 cm³/mol. The fourth-order valence-electron chi connectivity index (χ4n) is 0.552. The van der Waals surface area contributed by atoms with E-state index in [0.717, 1.165) is 12.8 Å². The highest BCUT2D eigenvalue weighted by molar-refractivity contribution is 4.86. The lowest BCUT2D eigenvalue weighted by molar-refractivity contribution is 0.347. The summed E-state index contributed by atoms with van der Waals surface area (Å²) >= 11 is 0. The molecule has 0 spiro atoms. The van der Waals surface area contributed by atoms with Crippen molar-refractivity contribution >= 4 is 0 Å². The summed E-state index contributed by atoms with van der Waals surface area (Å²) in [6.45, 7) is 0. The van der Waals surface area contributed by atoms with Gasteiger partial charge in [-0.15, -0.1) is 0 Å². The van der Waals surface area contributed by atoms with Gasteiger partial charge >= 0.3 is 0 Å². The van der Waals surface area contributed by atoms with Gasteiger partial charge in [-0.05, 0) is 12.8 Å². The third kappa shape index (κ3) is 0.420. The first-order chi connectivity index (χ1) is 2.80. The molecule has 0 saturated heterocycles. The van der Waals surface area contributed by atoms with Crippen LogP contribution in [0.5, 0.6) is 0 Å². The van der Waals surface area contributed by atoms with Gasteiger partial charge in [-0.2, -0.15) is 0 Å². The summed E-state index contributed by atoms with van der Waals surface area (Å²) in [6.07, 6.45) is 2.25. The monoisotopic (exact) mass is 86.1 g/mol. The van der Waals surface area contributed by atoms with E-state index in [2.05, 4.69) is 0 Å². The molecule has 0 amide bonds. The maximum Gasteiger partial charge on any atom is 0.0192 e. The van der Waals surface area contributed by atoms with Gasteiger partial charge in [0.2, 0.25) is 0 Å². The average molecular weight is 86.1 g/mol. The van der Waals surface area contributed by atoms with Gasteiger partial charge in [0.05, 0.1) is 0 Å². The van der Waals surface area contributed by atoms with Crippen molar-refractivity contribution in [3.63, 3.8) is 0 Å². The van der Waals surface area contributed by atoms with Crippen molar-refractivity contribution in [2.75, 3.05) is 0 Å². The fraction of sp³-hybridized carbons (Fsp3) is 1.00. The maximum absolute atomic E-state index is 5.40. The second-order valence-electron chi connectivity index (χ2n) is 1.91. The van der Waals surface area contributed by atoms with Gasteiger partial charge in [0.25, 0.3) is 0 Å². The molecule has 0 heterocycles. The molecule has 2 nitrogen and oxygen atoms in total. The van der Waals surface area contributed by atoms with Crippen molar-refractivity contribution in [3.05, 3.63) is 0 Å². The molecule has 0 radical (unpaired) electrons.